The lowest BCUT2D eigenvalue weighted by molar-refractivity contribution is -0.145. The second-order valence-electron chi connectivity index (χ2n) is 10.6. The molecule has 9 heteroatoms. The van der Waals surface area contributed by atoms with Crippen LogP contribution in [0.1, 0.15) is 45.1 Å². The number of ketones is 2. The van der Waals surface area contributed by atoms with E-state index in [0.29, 0.717) is 26.7 Å². The summed E-state index contributed by atoms with van der Waals surface area (Å²) >= 11 is 5.24. The smallest absolute Gasteiger partial charge is 0.234 e. The van der Waals surface area contributed by atoms with E-state index >= 15 is 0 Å². The summed E-state index contributed by atoms with van der Waals surface area (Å²) in [5.74, 6) is -2.78. The highest BCUT2D eigenvalue weighted by Crippen LogP contribution is 2.56. The molecule has 0 radical (unpaired) electrons. The first kappa shape index (κ1) is 25.4. The summed E-state index contributed by atoms with van der Waals surface area (Å²) in [4.78, 5) is 55.0. The van der Waals surface area contributed by atoms with Crippen LogP contribution >= 0.6 is 38.5 Å². The molecule has 1 N–H and O–H groups in total. The van der Waals surface area contributed by atoms with Crippen molar-refractivity contribution in [2.24, 2.45) is 17.8 Å². The minimum absolute atomic E-state index is 0.00725. The predicted molar refractivity (Wildman–Crippen MR) is 144 cm³/mol. The Balaban J connectivity index is 1.71. The molecule has 36 heavy (non-hydrogen) atoms. The van der Waals surface area contributed by atoms with Crippen LogP contribution in [0.3, 0.4) is 0 Å². The van der Waals surface area contributed by atoms with Gasteiger partial charge in [0.05, 0.1) is 27.0 Å². The number of imide groups is 1. The molecule has 3 aliphatic carbocycles. The van der Waals surface area contributed by atoms with Gasteiger partial charge in [0.2, 0.25) is 11.8 Å². The van der Waals surface area contributed by atoms with Crippen molar-refractivity contribution in [3.63, 3.8) is 0 Å². The Kier molecular flexibility index (Phi) is 6.10. The number of amides is 2. The third kappa shape index (κ3) is 3.64. The Labute approximate surface area is 230 Å². The number of nitrogens with zero attached hydrogens (tertiary/aromatic N) is 1. The van der Waals surface area contributed by atoms with Crippen molar-refractivity contribution >= 4 is 61.9 Å². The van der Waals surface area contributed by atoms with E-state index in [9.17, 15) is 24.3 Å². The molecule has 7 nitrogen and oxygen atoms in total. The highest BCUT2D eigenvalue weighted by molar-refractivity contribution is 14.1. The fraction of sp³-hybridized carbons (Fsp3) is 0.407. The Hall–Kier alpha value is -2.27. The topological polar surface area (TPSA) is 101 Å². The van der Waals surface area contributed by atoms with Gasteiger partial charge < -0.3 is 9.84 Å². The van der Waals surface area contributed by atoms with E-state index in [2.05, 4.69) is 15.9 Å². The highest BCUT2D eigenvalue weighted by Gasteiger charge is 2.58. The third-order valence-corrected chi connectivity index (χ3v) is 9.02. The number of fused-ring (bicyclic) bond motifs is 3. The van der Waals surface area contributed by atoms with Crippen LogP contribution in [0, 0.1) is 21.3 Å². The number of phenols is 1. The summed E-state index contributed by atoms with van der Waals surface area (Å²) < 4.78 is 6.11. The molecule has 2 amide bonds. The van der Waals surface area contributed by atoms with E-state index in [0.717, 1.165) is 5.57 Å². The van der Waals surface area contributed by atoms with Crippen LogP contribution < -0.4 is 4.74 Å². The van der Waals surface area contributed by atoms with Gasteiger partial charge in [-0.3, -0.25) is 24.1 Å². The first-order chi connectivity index (χ1) is 16.9. The second-order valence-corrected chi connectivity index (χ2v) is 12.6. The molecule has 1 aromatic rings. The van der Waals surface area contributed by atoms with Crippen molar-refractivity contribution in [2.45, 2.75) is 45.1 Å². The summed E-state index contributed by atoms with van der Waals surface area (Å²) in [5, 5.41) is 10.4. The van der Waals surface area contributed by atoms with Gasteiger partial charge in [-0.2, -0.15) is 0 Å². The molecule has 0 bridgehead atoms. The Morgan fingerprint density at radius 1 is 1.11 bits per heavy atom. The normalized spacial score (nSPS) is 28.0. The molecule has 0 spiro atoms. The molecule has 4 aliphatic rings. The van der Waals surface area contributed by atoms with Crippen molar-refractivity contribution in [1.29, 1.82) is 0 Å². The minimum Gasteiger partial charge on any atom is -0.504 e. The largest absolute Gasteiger partial charge is 0.504 e. The van der Waals surface area contributed by atoms with Crippen LogP contribution in [-0.2, 0) is 19.2 Å². The number of rotatable bonds is 2. The second kappa shape index (κ2) is 8.65. The van der Waals surface area contributed by atoms with Crippen molar-refractivity contribution in [1.82, 2.24) is 4.90 Å². The molecule has 1 saturated heterocycles. The van der Waals surface area contributed by atoms with Crippen molar-refractivity contribution < 1.29 is 29.0 Å². The Morgan fingerprint density at radius 3 is 2.44 bits per heavy atom. The summed E-state index contributed by atoms with van der Waals surface area (Å²) in [5.41, 5.74) is 1.65. The quantitative estimate of drug-likeness (QED) is 0.215. The number of aromatic hydroxyl groups is 1. The van der Waals surface area contributed by atoms with Crippen molar-refractivity contribution in [3.05, 3.63) is 54.6 Å². The van der Waals surface area contributed by atoms with Gasteiger partial charge >= 0.3 is 0 Å². The van der Waals surface area contributed by atoms with Crippen LogP contribution in [0.5, 0.6) is 11.5 Å². The van der Waals surface area contributed by atoms with Gasteiger partial charge in [-0.05, 0) is 95.7 Å². The van der Waals surface area contributed by atoms with E-state index in [4.69, 9.17) is 4.74 Å². The maximum absolute atomic E-state index is 13.7. The summed E-state index contributed by atoms with van der Waals surface area (Å²) in [6.45, 7) is 5.53. The first-order valence-corrected chi connectivity index (χ1v) is 13.6. The number of benzene rings is 1. The molecule has 0 saturated carbocycles. The summed E-state index contributed by atoms with van der Waals surface area (Å²) in [7, 11) is 1.45. The molecule has 0 aromatic heterocycles. The van der Waals surface area contributed by atoms with Crippen LogP contribution in [0.25, 0.3) is 0 Å². The minimum atomic E-state index is -0.660. The first-order valence-electron chi connectivity index (χ1n) is 11.7. The molecule has 4 unspecified atom stereocenters. The maximum atomic E-state index is 13.7. The average Bonchev–Trinajstić information content (AvgIpc) is 3.08. The van der Waals surface area contributed by atoms with E-state index in [1.165, 1.54) is 18.1 Å². The van der Waals surface area contributed by atoms with Gasteiger partial charge in [0.1, 0.15) is 0 Å². The lowest BCUT2D eigenvalue weighted by atomic mass is 9.59. The SMILES string of the molecule is COc1cc(C2C3=CCC4C(=O)N(C(C)(C)C)C(=O)C4C3CC3=C2C(=O)C=C(Br)C3=O)cc(I)c1O. The van der Waals surface area contributed by atoms with Crippen LogP contribution in [0.15, 0.2) is 45.5 Å². The molecule has 4 atom stereocenters. The van der Waals surface area contributed by atoms with Gasteiger partial charge in [-0.15, -0.1) is 0 Å². The molecular weight excluding hydrogens is 641 g/mol. The number of ether oxygens (including phenoxy) is 1. The average molecular weight is 666 g/mol. The number of Topliss-reactive ketones (excluding diaryl/α,β-unsaturated/α-hetero) is 1. The van der Waals surface area contributed by atoms with Crippen LogP contribution in [0.2, 0.25) is 0 Å². The number of hydrogen-bond acceptors (Lipinski definition) is 6. The van der Waals surface area contributed by atoms with E-state index in [-0.39, 0.29) is 45.8 Å². The Bertz CT molecular complexity index is 1350. The number of hydrogen-bond donors (Lipinski definition) is 1. The molecule has 188 valence electrons. The van der Waals surface area contributed by atoms with Crippen molar-refractivity contribution in [3.8, 4) is 11.5 Å². The summed E-state index contributed by atoms with van der Waals surface area (Å²) in [6.07, 6.45) is 3.89. The highest BCUT2D eigenvalue weighted by atomic mass is 127. The molecule has 1 aromatic carbocycles. The maximum Gasteiger partial charge on any atom is 0.234 e. The van der Waals surface area contributed by atoms with Gasteiger partial charge in [-0.1, -0.05) is 11.6 Å². The van der Waals surface area contributed by atoms with E-state index in [1.54, 1.807) is 12.1 Å². The van der Waals surface area contributed by atoms with Crippen LogP contribution in [0.4, 0.5) is 0 Å². The standard InChI is InChI=1S/C27H25BrINO6/c1-27(2,3)30-25(34)13-6-5-12-14(21(13)26(30)35)9-15-22(18(31)10-16(28)23(15)32)20(12)11-7-17(29)24(33)19(8-11)36-4/h5,7-8,10,13-14,20-21,33H,6,9H2,1-4H3. The number of allylic oxidation sites excluding steroid dienone is 6. The Morgan fingerprint density at radius 2 is 1.81 bits per heavy atom. The zero-order chi connectivity index (χ0) is 26.3. The zero-order valence-electron chi connectivity index (χ0n) is 20.2. The van der Waals surface area contributed by atoms with Crippen LogP contribution in [-0.4, -0.2) is 46.0 Å². The number of methoxy groups -OCH3 is 1. The predicted octanol–water partition coefficient (Wildman–Crippen LogP) is 4.57. The number of likely N-dealkylation sites (tertiary alicyclic amines) is 1. The van der Waals surface area contributed by atoms with Crippen molar-refractivity contribution in [2.75, 3.05) is 7.11 Å². The van der Waals surface area contributed by atoms with E-state index in [1.807, 2.05) is 49.4 Å². The van der Waals surface area contributed by atoms with E-state index < -0.39 is 29.2 Å². The molecule has 1 fully saturated rings. The lowest BCUT2D eigenvalue weighted by Crippen LogP contribution is -2.46. The molecule has 5 rings (SSSR count). The van der Waals surface area contributed by atoms with Gasteiger partial charge in [0.25, 0.3) is 0 Å². The third-order valence-electron chi connectivity index (χ3n) is 7.61. The monoisotopic (exact) mass is 665 g/mol. The summed E-state index contributed by atoms with van der Waals surface area (Å²) in [6, 6.07) is 3.45. The van der Waals surface area contributed by atoms with Gasteiger partial charge in [0.15, 0.2) is 23.1 Å². The van der Waals surface area contributed by atoms with Gasteiger partial charge in [0, 0.05) is 28.7 Å². The lowest BCUT2D eigenvalue weighted by Gasteiger charge is -2.42. The van der Waals surface area contributed by atoms with Gasteiger partial charge in [-0.25, -0.2) is 0 Å². The fourth-order valence-electron chi connectivity index (χ4n) is 6.16. The molecule has 1 aliphatic heterocycles. The fourth-order valence-corrected chi connectivity index (χ4v) is 7.24. The molecular formula is C27H25BrINO6. The number of halogens is 2. The number of carbonyl (C=O) groups is 4. The number of carbonyl (C=O) groups excluding carboxylic acids is 4. The zero-order valence-corrected chi connectivity index (χ0v) is 24.0. The number of phenolic OH excluding ortho intramolecular Hbond substituents is 1. The molecule has 1 heterocycles.